The summed E-state index contributed by atoms with van der Waals surface area (Å²) < 4.78 is 14.5. The van der Waals surface area contributed by atoms with Crippen LogP contribution in [-0.2, 0) is 0 Å². The summed E-state index contributed by atoms with van der Waals surface area (Å²) in [4.78, 5) is 24.2. The van der Waals surface area contributed by atoms with Crippen molar-refractivity contribution in [1.82, 2.24) is 25.6 Å². The Labute approximate surface area is 160 Å². The van der Waals surface area contributed by atoms with Crippen molar-refractivity contribution < 1.29 is 19.1 Å². The molecule has 0 aliphatic rings. The van der Waals surface area contributed by atoms with Crippen LogP contribution in [-0.4, -0.2) is 45.0 Å². The number of aromatic hydroxyl groups is 1. The van der Waals surface area contributed by atoms with Gasteiger partial charge in [0.15, 0.2) is 5.69 Å². The number of benzene rings is 2. The minimum atomic E-state index is -0.426. The van der Waals surface area contributed by atoms with Gasteiger partial charge in [0.25, 0.3) is 11.8 Å². The summed E-state index contributed by atoms with van der Waals surface area (Å²) >= 11 is 0. The van der Waals surface area contributed by atoms with Crippen LogP contribution in [0.1, 0.15) is 26.5 Å². The van der Waals surface area contributed by atoms with Gasteiger partial charge in [-0.05, 0) is 55.5 Å². The molecule has 1 heterocycles. The number of halogens is 1. The van der Waals surface area contributed by atoms with E-state index in [0.717, 1.165) is 0 Å². The number of phenols is 1. The van der Waals surface area contributed by atoms with Crippen LogP contribution in [0.3, 0.4) is 0 Å². The summed E-state index contributed by atoms with van der Waals surface area (Å²) in [6.07, 6.45) is 0. The summed E-state index contributed by atoms with van der Waals surface area (Å²) in [5, 5.41) is 22.4. The zero-order chi connectivity index (χ0) is 20.1. The first-order valence-electron chi connectivity index (χ1n) is 8.49. The van der Waals surface area contributed by atoms with Crippen molar-refractivity contribution in [3.8, 4) is 11.4 Å². The topological polar surface area (TPSA) is 109 Å². The average molecular weight is 383 g/mol. The maximum absolute atomic E-state index is 13.0. The summed E-state index contributed by atoms with van der Waals surface area (Å²) in [7, 11) is 0. The average Bonchev–Trinajstić information content (AvgIpc) is 3.07. The van der Waals surface area contributed by atoms with Crippen LogP contribution in [0, 0.1) is 12.7 Å². The van der Waals surface area contributed by atoms with E-state index in [-0.39, 0.29) is 36.3 Å². The van der Waals surface area contributed by atoms with Crippen LogP contribution in [0.15, 0.2) is 48.5 Å². The van der Waals surface area contributed by atoms with Crippen molar-refractivity contribution in [3.63, 3.8) is 0 Å². The SMILES string of the molecule is Cc1c(C(=O)NCCNC(=O)c2ccc(O)cc2)nnn1-c1ccc(F)cc1. The number of rotatable bonds is 6. The molecule has 1 aromatic heterocycles. The molecule has 2 amide bonds. The number of hydrogen-bond donors (Lipinski definition) is 3. The zero-order valence-corrected chi connectivity index (χ0v) is 15.0. The van der Waals surface area contributed by atoms with E-state index in [4.69, 9.17) is 0 Å². The Morgan fingerprint density at radius 3 is 2.25 bits per heavy atom. The van der Waals surface area contributed by atoms with E-state index in [2.05, 4.69) is 20.9 Å². The van der Waals surface area contributed by atoms with E-state index >= 15 is 0 Å². The Hall–Kier alpha value is -3.75. The molecule has 0 fully saturated rings. The zero-order valence-electron chi connectivity index (χ0n) is 15.0. The third-order valence-electron chi connectivity index (χ3n) is 4.01. The monoisotopic (exact) mass is 383 g/mol. The molecule has 2 aromatic carbocycles. The second-order valence-corrected chi connectivity index (χ2v) is 5.97. The van der Waals surface area contributed by atoms with Crippen LogP contribution in [0.25, 0.3) is 5.69 Å². The van der Waals surface area contributed by atoms with Crippen molar-refractivity contribution in [2.75, 3.05) is 13.1 Å². The Morgan fingerprint density at radius 1 is 1.00 bits per heavy atom. The molecule has 144 valence electrons. The highest BCUT2D eigenvalue weighted by Gasteiger charge is 2.17. The molecule has 0 aliphatic carbocycles. The minimum Gasteiger partial charge on any atom is -0.508 e. The van der Waals surface area contributed by atoms with Crippen LogP contribution in [0.4, 0.5) is 4.39 Å². The lowest BCUT2D eigenvalue weighted by Gasteiger charge is -2.07. The fourth-order valence-electron chi connectivity index (χ4n) is 2.52. The lowest BCUT2D eigenvalue weighted by molar-refractivity contribution is 0.0924. The molecule has 0 bridgehead atoms. The number of amides is 2. The molecule has 0 unspecified atom stereocenters. The standard InChI is InChI=1S/C19H18FN5O3/c1-12-17(23-24-25(12)15-6-4-14(20)5-7-15)19(28)22-11-10-21-18(27)13-2-8-16(26)9-3-13/h2-9,26H,10-11H2,1H3,(H,21,27)(H,22,28). The first-order chi connectivity index (χ1) is 13.5. The van der Waals surface area contributed by atoms with Gasteiger partial charge < -0.3 is 15.7 Å². The van der Waals surface area contributed by atoms with E-state index < -0.39 is 5.91 Å². The van der Waals surface area contributed by atoms with Crippen molar-refractivity contribution >= 4 is 11.8 Å². The molecule has 8 nitrogen and oxygen atoms in total. The molecule has 0 atom stereocenters. The summed E-state index contributed by atoms with van der Waals surface area (Å²) in [6.45, 7) is 2.10. The molecular weight excluding hydrogens is 365 g/mol. The number of nitrogens with zero attached hydrogens (tertiary/aromatic N) is 3. The molecule has 3 rings (SSSR count). The molecule has 0 saturated heterocycles. The van der Waals surface area contributed by atoms with Gasteiger partial charge in [0.1, 0.15) is 11.6 Å². The van der Waals surface area contributed by atoms with Gasteiger partial charge in [0.2, 0.25) is 0 Å². The van der Waals surface area contributed by atoms with Crippen LogP contribution < -0.4 is 10.6 Å². The summed E-state index contributed by atoms with van der Waals surface area (Å²) in [6, 6.07) is 11.5. The van der Waals surface area contributed by atoms with Crippen LogP contribution in [0.5, 0.6) is 5.75 Å². The maximum atomic E-state index is 13.0. The summed E-state index contributed by atoms with van der Waals surface area (Å²) in [5.41, 5.74) is 1.65. The molecule has 0 radical (unpaired) electrons. The number of nitrogens with one attached hydrogen (secondary N) is 2. The molecule has 0 spiro atoms. The lowest BCUT2D eigenvalue weighted by atomic mass is 10.2. The number of phenolic OH excluding ortho intramolecular Hbond substituents is 1. The van der Waals surface area contributed by atoms with E-state index in [9.17, 15) is 19.1 Å². The predicted octanol–water partition coefficient (Wildman–Crippen LogP) is 1.58. The van der Waals surface area contributed by atoms with Crippen molar-refractivity contribution in [2.24, 2.45) is 0 Å². The van der Waals surface area contributed by atoms with E-state index in [1.54, 1.807) is 6.92 Å². The quantitative estimate of drug-likeness (QED) is 0.560. The van der Waals surface area contributed by atoms with Gasteiger partial charge in [-0.3, -0.25) is 9.59 Å². The highest BCUT2D eigenvalue weighted by atomic mass is 19.1. The Bertz CT molecular complexity index is 984. The predicted molar refractivity (Wildman–Crippen MR) is 98.8 cm³/mol. The number of carbonyl (C=O) groups excluding carboxylic acids is 2. The van der Waals surface area contributed by atoms with Gasteiger partial charge in [-0.2, -0.15) is 0 Å². The Balaban J connectivity index is 1.53. The molecule has 0 aliphatic heterocycles. The number of carbonyl (C=O) groups is 2. The minimum absolute atomic E-state index is 0.0767. The first-order valence-corrected chi connectivity index (χ1v) is 8.49. The van der Waals surface area contributed by atoms with Crippen molar-refractivity contribution in [2.45, 2.75) is 6.92 Å². The largest absolute Gasteiger partial charge is 0.508 e. The van der Waals surface area contributed by atoms with E-state index in [1.165, 1.54) is 53.2 Å². The summed E-state index contributed by atoms with van der Waals surface area (Å²) in [5.74, 6) is -1.03. The first kappa shape index (κ1) is 19.0. The highest BCUT2D eigenvalue weighted by Crippen LogP contribution is 2.13. The Kier molecular flexibility index (Phi) is 5.64. The van der Waals surface area contributed by atoms with Crippen molar-refractivity contribution in [3.05, 3.63) is 71.3 Å². The second kappa shape index (κ2) is 8.30. The van der Waals surface area contributed by atoms with Gasteiger partial charge >= 0.3 is 0 Å². The molecule has 3 aromatic rings. The maximum Gasteiger partial charge on any atom is 0.273 e. The Morgan fingerprint density at radius 2 is 1.61 bits per heavy atom. The normalized spacial score (nSPS) is 10.5. The van der Waals surface area contributed by atoms with Crippen molar-refractivity contribution in [1.29, 1.82) is 0 Å². The molecule has 0 saturated carbocycles. The molecule has 3 N–H and O–H groups in total. The van der Waals surface area contributed by atoms with Gasteiger partial charge in [-0.15, -0.1) is 5.10 Å². The third kappa shape index (κ3) is 4.32. The van der Waals surface area contributed by atoms with Gasteiger partial charge in [0.05, 0.1) is 11.4 Å². The van der Waals surface area contributed by atoms with E-state index in [1.807, 2.05) is 0 Å². The highest BCUT2D eigenvalue weighted by molar-refractivity contribution is 5.94. The second-order valence-electron chi connectivity index (χ2n) is 5.97. The fourth-order valence-corrected chi connectivity index (χ4v) is 2.52. The third-order valence-corrected chi connectivity index (χ3v) is 4.01. The number of aromatic nitrogens is 3. The van der Waals surface area contributed by atoms with Gasteiger partial charge in [-0.25, -0.2) is 9.07 Å². The molecular formula is C19H18FN5O3. The van der Waals surface area contributed by atoms with Gasteiger partial charge in [0, 0.05) is 18.7 Å². The number of hydrogen-bond acceptors (Lipinski definition) is 5. The molecule has 9 heteroatoms. The molecule has 28 heavy (non-hydrogen) atoms. The van der Waals surface area contributed by atoms with E-state index in [0.29, 0.717) is 16.9 Å². The van der Waals surface area contributed by atoms with Crippen LogP contribution in [0.2, 0.25) is 0 Å². The lowest BCUT2D eigenvalue weighted by Crippen LogP contribution is -2.35. The smallest absolute Gasteiger partial charge is 0.273 e. The van der Waals surface area contributed by atoms with Gasteiger partial charge in [-0.1, -0.05) is 5.21 Å². The van der Waals surface area contributed by atoms with Crippen LogP contribution >= 0.6 is 0 Å². The fraction of sp³-hybridized carbons (Fsp3) is 0.158.